The summed E-state index contributed by atoms with van der Waals surface area (Å²) in [6.45, 7) is 0. The van der Waals surface area contributed by atoms with Gasteiger partial charge in [-0.05, 0) is 41.0 Å². The van der Waals surface area contributed by atoms with Crippen LogP contribution < -0.4 is 0 Å². The fourth-order valence-electron chi connectivity index (χ4n) is 4.54. The summed E-state index contributed by atoms with van der Waals surface area (Å²) in [5, 5.41) is 7.73. The van der Waals surface area contributed by atoms with Crippen molar-refractivity contribution in [1.82, 2.24) is 9.88 Å². The van der Waals surface area contributed by atoms with Crippen molar-refractivity contribution in [3.05, 3.63) is 131 Å². The molecule has 0 bridgehead atoms. The maximum Gasteiger partial charge on any atom is 0.356 e. The largest absolute Gasteiger partial charge is 0.478 e. The van der Waals surface area contributed by atoms with Gasteiger partial charge in [0, 0.05) is 12.3 Å². The topological polar surface area (TPSA) is 131 Å². The predicted octanol–water partition coefficient (Wildman–Crippen LogP) is 3.29. The minimum atomic E-state index is -4.02. The number of fused-ring (bicyclic) bond motifs is 1. The van der Waals surface area contributed by atoms with Gasteiger partial charge in [-0.15, -0.1) is 0 Å². The van der Waals surface area contributed by atoms with E-state index in [2.05, 4.69) is 4.98 Å². The fourth-order valence-corrected chi connectivity index (χ4v) is 6.45. The van der Waals surface area contributed by atoms with Gasteiger partial charge in [0.1, 0.15) is 5.70 Å². The molecule has 1 atom stereocenters. The number of allylic oxidation sites excluding steroid dienone is 1. The number of benzene rings is 2. The van der Waals surface area contributed by atoms with Crippen molar-refractivity contribution in [2.75, 3.05) is 5.75 Å². The third-order valence-corrected chi connectivity index (χ3v) is 8.11. The first-order chi connectivity index (χ1) is 18.8. The van der Waals surface area contributed by atoms with Gasteiger partial charge in [-0.25, -0.2) is 18.0 Å². The molecule has 9 nitrogen and oxygen atoms in total. The highest BCUT2D eigenvalue weighted by Gasteiger charge is 2.56. The van der Waals surface area contributed by atoms with E-state index in [9.17, 15) is 22.8 Å². The molecule has 0 saturated carbocycles. The highest BCUT2D eigenvalue weighted by molar-refractivity contribution is 7.92. The van der Waals surface area contributed by atoms with Gasteiger partial charge >= 0.3 is 11.9 Å². The Morgan fingerprint density at radius 3 is 2.15 bits per heavy atom. The molecule has 5 rings (SSSR count). The maximum atomic E-state index is 13.7. The summed E-state index contributed by atoms with van der Waals surface area (Å²) in [4.78, 5) is 43.3. The van der Waals surface area contributed by atoms with Gasteiger partial charge in [-0.3, -0.25) is 14.7 Å². The molecule has 10 heteroatoms. The van der Waals surface area contributed by atoms with Crippen molar-refractivity contribution in [1.29, 1.82) is 0 Å². The quantitative estimate of drug-likeness (QED) is 0.273. The van der Waals surface area contributed by atoms with Crippen LogP contribution in [0.15, 0.2) is 114 Å². The number of hydrogen-bond donors (Lipinski definition) is 1. The number of carbonyl (C=O) groups excluding carboxylic acids is 2. The zero-order valence-corrected chi connectivity index (χ0v) is 21.2. The second-order valence-corrected chi connectivity index (χ2v) is 10.9. The summed E-state index contributed by atoms with van der Waals surface area (Å²) in [6, 6.07) is 22.9. The van der Waals surface area contributed by atoms with E-state index in [1.807, 2.05) is 12.1 Å². The van der Waals surface area contributed by atoms with Crippen LogP contribution in [0.3, 0.4) is 0 Å². The molecule has 0 radical (unpaired) electrons. The molecule has 0 aliphatic carbocycles. The third kappa shape index (κ3) is 5.14. The standard InChI is InChI=1S/C29H22N2O7S/c32-24(33)15-14-21-18-39(36,37)28-23(17-22-13-7-8-16-30-22)27(34)31(28)25(21)29(35)38-26(19-9-3-1-4-10-19)20-11-5-2-6-12-20/h1-17,26,28H,18H2,(H,32,33)/b15-14+,23-17-/t28-/m1/s1. The lowest BCUT2D eigenvalue weighted by Gasteiger charge is -2.45. The Hall–Kier alpha value is -4.83. The average molecular weight is 543 g/mol. The molecule has 2 aliphatic rings. The minimum absolute atomic E-state index is 0.0390. The van der Waals surface area contributed by atoms with Crippen LogP contribution in [0.2, 0.25) is 0 Å². The van der Waals surface area contributed by atoms with Crippen LogP contribution in [0.5, 0.6) is 0 Å². The number of sulfone groups is 1. The number of amides is 1. The van der Waals surface area contributed by atoms with Gasteiger partial charge in [0.15, 0.2) is 21.3 Å². The third-order valence-electron chi connectivity index (χ3n) is 6.25. The molecular formula is C29H22N2O7S. The number of pyridine rings is 1. The highest BCUT2D eigenvalue weighted by atomic mass is 32.2. The molecule has 196 valence electrons. The molecular weight excluding hydrogens is 520 g/mol. The number of aromatic nitrogens is 1. The van der Waals surface area contributed by atoms with Crippen LogP contribution in [0, 0.1) is 0 Å². The number of carbonyl (C=O) groups is 3. The van der Waals surface area contributed by atoms with E-state index in [1.54, 1.807) is 66.7 Å². The Morgan fingerprint density at radius 1 is 0.974 bits per heavy atom. The van der Waals surface area contributed by atoms with Crippen molar-refractivity contribution in [3.8, 4) is 0 Å². The summed E-state index contributed by atoms with van der Waals surface area (Å²) in [5.41, 5.74) is 1.20. The van der Waals surface area contributed by atoms with Crippen molar-refractivity contribution < 1.29 is 32.6 Å². The number of ether oxygens (including phenoxy) is 1. The Bertz CT molecular complexity index is 1590. The van der Waals surface area contributed by atoms with Gasteiger partial charge in [-0.2, -0.15) is 0 Å². The van der Waals surface area contributed by atoms with Crippen LogP contribution in [0.4, 0.5) is 0 Å². The molecule has 0 spiro atoms. The number of rotatable bonds is 7. The molecule has 1 fully saturated rings. The fraction of sp³-hybridized carbons (Fsp3) is 0.103. The lowest BCUT2D eigenvalue weighted by Crippen LogP contribution is -2.62. The van der Waals surface area contributed by atoms with E-state index < -0.39 is 44.9 Å². The Kier molecular flexibility index (Phi) is 6.95. The molecule has 3 aromatic rings. The van der Waals surface area contributed by atoms with Crippen molar-refractivity contribution in [2.24, 2.45) is 0 Å². The highest BCUT2D eigenvalue weighted by Crippen LogP contribution is 2.42. The number of β-lactam (4-membered cyclic amide) rings is 1. The van der Waals surface area contributed by atoms with E-state index in [1.165, 1.54) is 12.3 Å². The van der Waals surface area contributed by atoms with E-state index in [-0.39, 0.29) is 16.8 Å². The molecule has 39 heavy (non-hydrogen) atoms. The van der Waals surface area contributed by atoms with Crippen LogP contribution in [0.1, 0.15) is 22.9 Å². The molecule has 1 amide bonds. The average Bonchev–Trinajstić information content (AvgIpc) is 2.94. The smallest absolute Gasteiger partial charge is 0.356 e. The zero-order chi connectivity index (χ0) is 27.6. The number of hydrogen-bond acceptors (Lipinski definition) is 7. The number of aliphatic carboxylic acids is 1. The molecule has 0 unspecified atom stereocenters. The van der Waals surface area contributed by atoms with Gasteiger partial charge in [-0.1, -0.05) is 66.7 Å². The lowest BCUT2D eigenvalue weighted by atomic mass is 9.99. The van der Waals surface area contributed by atoms with Crippen molar-refractivity contribution in [3.63, 3.8) is 0 Å². The summed E-state index contributed by atoms with van der Waals surface area (Å²) >= 11 is 0. The van der Waals surface area contributed by atoms with E-state index >= 15 is 0 Å². The SMILES string of the molecule is O=C(O)/C=C/C1=C(C(=O)OC(c2ccccc2)c2ccccc2)N2C(=O)/C(=C/c3ccccn3)[C@H]2S(=O)(=O)C1. The van der Waals surface area contributed by atoms with Gasteiger partial charge in [0.05, 0.1) is 17.0 Å². The molecule has 1 aromatic heterocycles. The second-order valence-electron chi connectivity index (χ2n) is 8.84. The Labute approximate surface area is 224 Å². The predicted molar refractivity (Wildman–Crippen MR) is 141 cm³/mol. The Balaban J connectivity index is 1.58. The lowest BCUT2D eigenvalue weighted by molar-refractivity contribution is -0.149. The van der Waals surface area contributed by atoms with Crippen molar-refractivity contribution in [2.45, 2.75) is 11.5 Å². The summed E-state index contributed by atoms with van der Waals surface area (Å²) < 4.78 is 32.4. The van der Waals surface area contributed by atoms with Crippen LogP contribution in [-0.4, -0.2) is 52.4 Å². The Morgan fingerprint density at radius 2 is 1.59 bits per heavy atom. The first-order valence-corrected chi connectivity index (χ1v) is 13.6. The summed E-state index contributed by atoms with van der Waals surface area (Å²) in [5.74, 6) is -3.66. The molecule has 1 N–H and O–H groups in total. The van der Waals surface area contributed by atoms with Gasteiger partial charge in [0.25, 0.3) is 5.91 Å². The summed E-state index contributed by atoms with van der Waals surface area (Å²) in [6.07, 6.45) is 3.75. The van der Waals surface area contributed by atoms with E-state index in [0.717, 1.165) is 17.1 Å². The number of carboxylic acids is 1. The number of carboxylic acid groups (broad SMARTS) is 1. The number of esters is 1. The van der Waals surface area contributed by atoms with Crippen LogP contribution in [-0.2, 0) is 29.0 Å². The van der Waals surface area contributed by atoms with Gasteiger partial charge < -0.3 is 9.84 Å². The zero-order valence-electron chi connectivity index (χ0n) is 20.4. The van der Waals surface area contributed by atoms with Crippen molar-refractivity contribution >= 4 is 33.8 Å². The first kappa shape index (κ1) is 25.8. The molecule has 1 saturated heterocycles. The number of nitrogens with zero attached hydrogens (tertiary/aromatic N) is 2. The van der Waals surface area contributed by atoms with Crippen LogP contribution in [0.25, 0.3) is 6.08 Å². The summed E-state index contributed by atoms with van der Waals surface area (Å²) in [7, 11) is -4.02. The molecule has 2 aliphatic heterocycles. The second kappa shape index (κ2) is 10.5. The van der Waals surface area contributed by atoms with Gasteiger partial charge in [0.2, 0.25) is 0 Å². The first-order valence-electron chi connectivity index (χ1n) is 11.9. The monoisotopic (exact) mass is 542 g/mol. The van der Waals surface area contributed by atoms with E-state index in [0.29, 0.717) is 16.8 Å². The molecule has 3 heterocycles. The maximum absolute atomic E-state index is 13.7. The minimum Gasteiger partial charge on any atom is -0.478 e. The molecule has 2 aromatic carbocycles. The van der Waals surface area contributed by atoms with E-state index in [4.69, 9.17) is 9.84 Å². The van der Waals surface area contributed by atoms with Crippen LogP contribution >= 0.6 is 0 Å². The normalized spacial score (nSPS) is 19.2.